The van der Waals surface area contributed by atoms with E-state index < -0.39 is 0 Å². The van der Waals surface area contributed by atoms with E-state index in [0.717, 1.165) is 19.4 Å². The molecule has 1 heterocycles. The van der Waals surface area contributed by atoms with Gasteiger partial charge in [0, 0.05) is 19.0 Å². The Hall–Kier alpha value is -0.410. The van der Waals surface area contributed by atoms with Gasteiger partial charge in [-0.25, -0.2) is 0 Å². The Labute approximate surface area is 91.6 Å². The molecule has 2 rings (SSSR count). The topological polar surface area (TPSA) is 38.3 Å². The van der Waals surface area contributed by atoms with Crippen LogP contribution in [0.4, 0.5) is 0 Å². The fourth-order valence-electron chi connectivity index (χ4n) is 2.61. The van der Waals surface area contributed by atoms with E-state index in [1.54, 1.807) is 0 Å². The van der Waals surface area contributed by atoms with Gasteiger partial charge in [-0.1, -0.05) is 19.3 Å². The van der Waals surface area contributed by atoms with Crippen molar-refractivity contribution in [3.8, 4) is 0 Å². The van der Waals surface area contributed by atoms with Gasteiger partial charge in [-0.2, -0.15) is 0 Å². The fourth-order valence-corrected chi connectivity index (χ4v) is 2.61. The van der Waals surface area contributed by atoms with E-state index in [1.165, 1.54) is 19.3 Å². The first kappa shape index (κ1) is 11.1. The standard InChI is InChI=1S/C12H21NO2/c1-9-7-13-8-11(15-9)12(14)10-5-3-2-4-6-10/h9-11,13H,2-8H2,1H3/t9-,11-/m1/s1. The van der Waals surface area contributed by atoms with Gasteiger partial charge in [0.05, 0.1) is 6.10 Å². The van der Waals surface area contributed by atoms with Crippen LogP contribution in [0.25, 0.3) is 0 Å². The van der Waals surface area contributed by atoms with Crippen molar-refractivity contribution in [2.45, 2.75) is 51.2 Å². The summed E-state index contributed by atoms with van der Waals surface area (Å²) >= 11 is 0. The zero-order valence-electron chi connectivity index (χ0n) is 9.50. The Kier molecular flexibility index (Phi) is 3.76. The van der Waals surface area contributed by atoms with Gasteiger partial charge < -0.3 is 10.1 Å². The minimum Gasteiger partial charge on any atom is -0.365 e. The van der Waals surface area contributed by atoms with Crippen LogP contribution >= 0.6 is 0 Å². The van der Waals surface area contributed by atoms with Gasteiger partial charge in [0.2, 0.25) is 0 Å². The van der Waals surface area contributed by atoms with Crippen molar-refractivity contribution in [3.05, 3.63) is 0 Å². The molecule has 86 valence electrons. The highest BCUT2D eigenvalue weighted by Gasteiger charge is 2.31. The molecule has 0 aromatic rings. The van der Waals surface area contributed by atoms with Crippen LogP contribution < -0.4 is 5.32 Å². The Morgan fingerprint density at radius 3 is 2.60 bits per heavy atom. The third kappa shape index (κ3) is 2.79. The van der Waals surface area contributed by atoms with Crippen LogP contribution in [-0.4, -0.2) is 31.1 Å². The Morgan fingerprint density at radius 2 is 1.93 bits per heavy atom. The van der Waals surface area contributed by atoms with Gasteiger partial charge in [0.15, 0.2) is 5.78 Å². The highest BCUT2D eigenvalue weighted by molar-refractivity contribution is 5.85. The lowest BCUT2D eigenvalue weighted by molar-refractivity contribution is -0.141. The number of ketones is 1. The van der Waals surface area contributed by atoms with Gasteiger partial charge in [-0.15, -0.1) is 0 Å². The number of rotatable bonds is 2. The highest BCUT2D eigenvalue weighted by atomic mass is 16.5. The number of Topliss-reactive ketones (excluding diaryl/α,β-unsaturated/α-hetero) is 1. The van der Waals surface area contributed by atoms with Gasteiger partial charge in [-0.05, 0) is 19.8 Å². The van der Waals surface area contributed by atoms with Crippen LogP contribution in [0.5, 0.6) is 0 Å². The van der Waals surface area contributed by atoms with Gasteiger partial charge in [0.1, 0.15) is 6.10 Å². The number of hydrogen-bond donors (Lipinski definition) is 1. The lowest BCUT2D eigenvalue weighted by Crippen LogP contribution is -2.48. The molecule has 0 bridgehead atoms. The first-order chi connectivity index (χ1) is 7.27. The first-order valence-corrected chi connectivity index (χ1v) is 6.17. The Bertz CT molecular complexity index is 224. The van der Waals surface area contributed by atoms with Crippen molar-refractivity contribution < 1.29 is 9.53 Å². The van der Waals surface area contributed by atoms with E-state index in [9.17, 15) is 4.79 Å². The molecule has 1 saturated carbocycles. The third-order valence-electron chi connectivity index (χ3n) is 3.48. The van der Waals surface area contributed by atoms with Crippen LogP contribution in [0.15, 0.2) is 0 Å². The quantitative estimate of drug-likeness (QED) is 0.752. The smallest absolute Gasteiger partial charge is 0.165 e. The normalized spacial score (nSPS) is 33.9. The lowest BCUT2D eigenvalue weighted by Gasteiger charge is -2.31. The molecule has 0 radical (unpaired) electrons. The monoisotopic (exact) mass is 211 g/mol. The summed E-state index contributed by atoms with van der Waals surface area (Å²) < 4.78 is 5.69. The molecule has 1 N–H and O–H groups in total. The number of hydrogen-bond acceptors (Lipinski definition) is 3. The molecule has 2 fully saturated rings. The van der Waals surface area contributed by atoms with E-state index in [0.29, 0.717) is 12.3 Å². The average Bonchev–Trinajstić information content (AvgIpc) is 2.29. The molecule has 2 atom stereocenters. The summed E-state index contributed by atoms with van der Waals surface area (Å²) in [6, 6.07) is 0. The minimum atomic E-state index is -0.183. The molecular formula is C12H21NO2. The molecular weight excluding hydrogens is 190 g/mol. The molecule has 3 nitrogen and oxygen atoms in total. The Morgan fingerprint density at radius 1 is 1.20 bits per heavy atom. The Balaban J connectivity index is 1.88. The van der Waals surface area contributed by atoms with Gasteiger partial charge in [0.25, 0.3) is 0 Å². The second-order valence-corrected chi connectivity index (χ2v) is 4.83. The summed E-state index contributed by atoms with van der Waals surface area (Å²) in [5.41, 5.74) is 0. The van der Waals surface area contributed by atoms with Crippen LogP contribution in [0, 0.1) is 5.92 Å². The van der Waals surface area contributed by atoms with Gasteiger partial charge >= 0.3 is 0 Å². The molecule has 0 unspecified atom stereocenters. The SMILES string of the molecule is C[C@@H]1CNC[C@H](C(=O)C2CCCCC2)O1. The predicted octanol–water partition coefficient (Wildman–Crippen LogP) is 1.51. The molecule has 1 aliphatic carbocycles. The zero-order chi connectivity index (χ0) is 10.7. The number of carbonyl (C=O) groups excluding carboxylic acids is 1. The van der Waals surface area contributed by atoms with E-state index in [1.807, 2.05) is 6.92 Å². The van der Waals surface area contributed by atoms with E-state index in [-0.39, 0.29) is 18.1 Å². The molecule has 1 aliphatic heterocycles. The maximum Gasteiger partial charge on any atom is 0.165 e. The summed E-state index contributed by atoms with van der Waals surface area (Å²) in [7, 11) is 0. The zero-order valence-corrected chi connectivity index (χ0v) is 9.50. The van der Waals surface area contributed by atoms with Crippen molar-refractivity contribution in [2.75, 3.05) is 13.1 Å². The molecule has 3 heteroatoms. The third-order valence-corrected chi connectivity index (χ3v) is 3.48. The van der Waals surface area contributed by atoms with Crippen molar-refractivity contribution in [2.24, 2.45) is 5.92 Å². The summed E-state index contributed by atoms with van der Waals surface area (Å²) in [5, 5.41) is 3.26. The van der Waals surface area contributed by atoms with Crippen molar-refractivity contribution >= 4 is 5.78 Å². The maximum absolute atomic E-state index is 12.1. The van der Waals surface area contributed by atoms with Crippen LogP contribution in [0.3, 0.4) is 0 Å². The molecule has 0 aromatic heterocycles. The fraction of sp³-hybridized carbons (Fsp3) is 0.917. The second kappa shape index (κ2) is 5.08. The van der Waals surface area contributed by atoms with Crippen molar-refractivity contribution in [3.63, 3.8) is 0 Å². The van der Waals surface area contributed by atoms with E-state index in [4.69, 9.17) is 4.74 Å². The van der Waals surface area contributed by atoms with E-state index in [2.05, 4.69) is 5.32 Å². The molecule has 15 heavy (non-hydrogen) atoms. The number of nitrogens with one attached hydrogen (secondary N) is 1. The number of ether oxygens (including phenoxy) is 1. The lowest BCUT2D eigenvalue weighted by atomic mass is 9.84. The molecule has 0 amide bonds. The average molecular weight is 211 g/mol. The summed E-state index contributed by atoms with van der Waals surface area (Å²) in [5.74, 6) is 0.615. The summed E-state index contributed by atoms with van der Waals surface area (Å²) in [6.07, 6.45) is 5.87. The minimum absolute atomic E-state index is 0.177. The molecule has 0 aromatic carbocycles. The highest BCUT2D eigenvalue weighted by Crippen LogP contribution is 2.26. The largest absolute Gasteiger partial charge is 0.365 e. The number of morpholine rings is 1. The van der Waals surface area contributed by atoms with Crippen molar-refractivity contribution in [1.29, 1.82) is 0 Å². The molecule has 1 saturated heterocycles. The van der Waals surface area contributed by atoms with Gasteiger partial charge in [-0.3, -0.25) is 4.79 Å². The van der Waals surface area contributed by atoms with Crippen LogP contribution in [0.2, 0.25) is 0 Å². The van der Waals surface area contributed by atoms with Crippen LogP contribution in [-0.2, 0) is 9.53 Å². The first-order valence-electron chi connectivity index (χ1n) is 6.17. The van der Waals surface area contributed by atoms with Crippen LogP contribution in [0.1, 0.15) is 39.0 Å². The predicted molar refractivity (Wildman–Crippen MR) is 58.8 cm³/mol. The number of carbonyl (C=O) groups is 1. The van der Waals surface area contributed by atoms with E-state index >= 15 is 0 Å². The molecule has 2 aliphatic rings. The second-order valence-electron chi connectivity index (χ2n) is 4.83. The molecule has 0 spiro atoms. The maximum atomic E-state index is 12.1. The van der Waals surface area contributed by atoms with Crippen molar-refractivity contribution in [1.82, 2.24) is 5.32 Å². The summed E-state index contributed by atoms with van der Waals surface area (Å²) in [6.45, 7) is 3.60. The summed E-state index contributed by atoms with van der Waals surface area (Å²) in [4.78, 5) is 12.1.